The van der Waals surface area contributed by atoms with Crippen molar-refractivity contribution in [3.63, 3.8) is 0 Å². The number of nitrogens with zero attached hydrogens (tertiary/aromatic N) is 3. The fourth-order valence-electron chi connectivity index (χ4n) is 2.61. The quantitative estimate of drug-likeness (QED) is 0.828. The summed E-state index contributed by atoms with van der Waals surface area (Å²) >= 11 is 0. The molecule has 23 heavy (non-hydrogen) atoms. The van der Waals surface area contributed by atoms with Crippen LogP contribution in [0.1, 0.15) is 22.0 Å². The van der Waals surface area contributed by atoms with Crippen LogP contribution in [-0.2, 0) is 16.6 Å². The number of para-hydroxylation sites is 1. The van der Waals surface area contributed by atoms with Gasteiger partial charge in [0.25, 0.3) is 5.89 Å². The minimum Gasteiger partial charge on any atom is -0.438 e. The fourth-order valence-corrected chi connectivity index (χ4v) is 3.56. The van der Waals surface area contributed by atoms with Gasteiger partial charge in [0.15, 0.2) is 0 Å². The first kappa shape index (κ1) is 15.5. The van der Waals surface area contributed by atoms with Gasteiger partial charge in [0, 0.05) is 13.1 Å². The largest absolute Gasteiger partial charge is 0.438 e. The summed E-state index contributed by atoms with van der Waals surface area (Å²) in [6.45, 7) is 2.48. The van der Waals surface area contributed by atoms with E-state index in [2.05, 4.69) is 4.98 Å². The Balaban J connectivity index is 1.96. The lowest BCUT2D eigenvalue weighted by atomic mass is 10.1. The second-order valence-corrected chi connectivity index (χ2v) is 7.37. The van der Waals surface area contributed by atoms with Gasteiger partial charge in [0.1, 0.15) is 5.76 Å². The number of carbonyl (C=O) groups excluding carboxylic acids is 1. The normalized spacial score (nSPS) is 15.2. The highest BCUT2D eigenvalue weighted by atomic mass is 32.2. The number of benzene rings is 1. The summed E-state index contributed by atoms with van der Waals surface area (Å²) in [7, 11) is -3.42. The molecule has 2 aromatic rings. The SMILES string of the molecule is Cc1cnc(C(=O)N2CCN(S(C)(=O)=O)c3ccccc3C2)o1. The van der Waals surface area contributed by atoms with E-state index in [1.165, 1.54) is 16.8 Å². The minimum atomic E-state index is -3.42. The van der Waals surface area contributed by atoms with Crippen LogP contribution >= 0.6 is 0 Å². The molecular formula is C15H17N3O4S. The molecule has 3 rings (SSSR count). The fraction of sp³-hybridized carbons (Fsp3) is 0.333. The average molecular weight is 335 g/mol. The van der Waals surface area contributed by atoms with E-state index in [0.717, 1.165) is 5.56 Å². The minimum absolute atomic E-state index is 0.0211. The van der Waals surface area contributed by atoms with E-state index in [1.807, 2.05) is 12.1 Å². The number of carbonyl (C=O) groups is 1. The average Bonchev–Trinajstić information content (AvgIpc) is 2.82. The van der Waals surface area contributed by atoms with Gasteiger partial charge in [0.05, 0.1) is 24.7 Å². The van der Waals surface area contributed by atoms with Crippen LogP contribution in [0.5, 0.6) is 0 Å². The van der Waals surface area contributed by atoms with Gasteiger partial charge in [-0.15, -0.1) is 0 Å². The number of amides is 1. The van der Waals surface area contributed by atoms with Gasteiger partial charge < -0.3 is 9.32 Å². The molecule has 0 atom stereocenters. The maximum atomic E-state index is 12.5. The van der Waals surface area contributed by atoms with Crippen molar-refractivity contribution in [3.05, 3.63) is 47.7 Å². The van der Waals surface area contributed by atoms with Crippen LogP contribution in [-0.4, -0.2) is 43.6 Å². The summed E-state index contributed by atoms with van der Waals surface area (Å²) in [5.41, 5.74) is 1.38. The monoisotopic (exact) mass is 335 g/mol. The summed E-state index contributed by atoms with van der Waals surface area (Å²) in [5.74, 6) is 0.234. The van der Waals surface area contributed by atoms with E-state index in [4.69, 9.17) is 4.42 Å². The van der Waals surface area contributed by atoms with Crippen LogP contribution < -0.4 is 4.31 Å². The number of hydrogen-bond donors (Lipinski definition) is 0. The summed E-state index contributed by atoms with van der Waals surface area (Å²) in [6, 6.07) is 7.17. The molecule has 1 aromatic heterocycles. The van der Waals surface area contributed by atoms with Crippen molar-refractivity contribution < 1.29 is 17.6 Å². The van der Waals surface area contributed by atoms with E-state index in [0.29, 0.717) is 18.0 Å². The van der Waals surface area contributed by atoms with Crippen LogP contribution in [0.15, 0.2) is 34.9 Å². The predicted molar refractivity (Wildman–Crippen MR) is 84.6 cm³/mol. The number of rotatable bonds is 2. The molecule has 1 aliphatic heterocycles. The molecule has 0 radical (unpaired) electrons. The lowest BCUT2D eigenvalue weighted by molar-refractivity contribution is 0.0710. The van der Waals surface area contributed by atoms with Crippen molar-refractivity contribution in [2.75, 3.05) is 23.7 Å². The zero-order valence-corrected chi connectivity index (χ0v) is 13.7. The summed E-state index contributed by atoms with van der Waals surface area (Å²) in [6.07, 6.45) is 2.65. The molecule has 0 saturated heterocycles. The highest BCUT2D eigenvalue weighted by molar-refractivity contribution is 7.92. The molecule has 7 nitrogen and oxygen atoms in total. The third-order valence-electron chi connectivity index (χ3n) is 3.69. The topological polar surface area (TPSA) is 83.7 Å². The zero-order valence-electron chi connectivity index (χ0n) is 12.9. The van der Waals surface area contributed by atoms with Crippen molar-refractivity contribution >= 4 is 21.6 Å². The molecule has 0 N–H and O–H groups in total. The molecule has 0 aliphatic carbocycles. The van der Waals surface area contributed by atoms with Gasteiger partial charge in [-0.1, -0.05) is 18.2 Å². The zero-order chi connectivity index (χ0) is 16.6. The second-order valence-electron chi connectivity index (χ2n) is 5.47. The number of oxazole rings is 1. The number of sulfonamides is 1. The van der Waals surface area contributed by atoms with Crippen LogP contribution in [0.3, 0.4) is 0 Å². The summed E-state index contributed by atoms with van der Waals surface area (Å²) in [4.78, 5) is 18.0. The lowest BCUT2D eigenvalue weighted by Gasteiger charge is -2.22. The van der Waals surface area contributed by atoms with Gasteiger partial charge in [-0.25, -0.2) is 13.4 Å². The first-order valence-electron chi connectivity index (χ1n) is 7.13. The third kappa shape index (κ3) is 3.07. The van der Waals surface area contributed by atoms with Crippen molar-refractivity contribution in [3.8, 4) is 0 Å². The van der Waals surface area contributed by atoms with Crippen LogP contribution in [0.4, 0.5) is 5.69 Å². The number of fused-ring (bicyclic) bond motifs is 1. The lowest BCUT2D eigenvalue weighted by Crippen LogP contribution is -2.37. The summed E-state index contributed by atoms with van der Waals surface area (Å²) in [5, 5.41) is 0. The van der Waals surface area contributed by atoms with Crippen LogP contribution in [0, 0.1) is 6.92 Å². The van der Waals surface area contributed by atoms with E-state index in [9.17, 15) is 13.2 Å². The molecule has 0 fully saturated rings. The van der Waals surface area contributed by atoms with Crippen molar-refractivity contribution in [1.82, 2.24) is 9.88 Å². The van der Waals surface area contributed by atoms with Crippen LogP contribution in [0.2, 0.25) is 0 Å². The maximum Gasteiger partial charge on any atom is 0.310 e. The Bertz CT molecular complexity index is 844. The van der Waals surface area contributed by atoms with Crippen LogP contribution in [0.25, 0.3) is 0 Å². The molecule has 1 amide bonds. The molecule has 0 spiro atoms. The van der Waals surface area contributed by atoms with Gasteiger partial charge >= 0.3 is 5.91 Å². The Morgan fingerprint density at radius 3 is 2.65 bits per heavy atom. The molecule has 0 saturated carbocycles. The molecule has 2 heterocycles. The first-order chi connectivity index (χ1) is 10.9. The van der Waals surface area contributed by atoms with Gasteiger partial charge in [-0.05, 0) is 18.6 Å². The van der Waals surface area contributed by atoms with Gasteiger partial charge in [-0.3, -0.25) is 9.10 Å². The second kappa shape index (κ2) is 5.69. The van der Waals surface area contributed by atoms with E-state index >= 15 is 0 Å². The van der Waals surface area contributed by atoms with Crippen molar-refractivity contribution in [1.29, 1.82) is 0 Å². The Morgan fingerprint density at radius 2 is 2.00 bits per heavy atom. The van der Waals surface area contributed by atoms with E-state index in [1.54, 1.807) is 24.0 Å². The van der Waals surface area contributed by atoms with Gasteiger partial charge in [-0.2, -0.15) is 0 Å². The predicted octanol–water partition coefficient (Wildman–Crippen LogP) is 1.41. The number of hydrogen-bond acceptors (Lipinski definition) is 5. The highest BCUT2D eigenvalue weighted by Gasteiger charge is 2.29. The van der Waals surface area contributed by atoms with E-state index in [-0.39, 0.29) is 24.9 Å². The van der Waals surface area contributed by atoms with Crippen molar-refractivity contribution in [2.45, 2.75) is 13.5 Å². The van der Waals surface area contributed by atoms with E-state index < -0.39 is 10.0 Å². The Labute approximate surface area is 134 Å². The molecule has 1 aliphatic rings. The standard InChI is InChI=1S/C15H17N3O4S/c1-11-9-16-14(22-11)15(19)17-7-8-18(23(2,20)21)13-6-4-3-5-12(13)10-17/h3-6,9H,7-8,10H2,1-2H3. The van der Waals surface area contributed by atoms with Gasteiger partial charge in [0.2, 0.25) is 10.0 Å². The smallest absolute Gasteiger partial charge is 0.310 e. The first-order valence-corrected chi connectivity index (χ1v) is 8.98. The summed E-state index contributed by atoms with van der Waals surface area (Å²) < 4.78 is 30.7. The highest BCUT2D eigenvalue weighted by Crippen LogP contribution is 2.27. The maximum absolute atomic E-state index is 12.5. The molecule has 0 unspecified atom stereocenters. The third-order valence-corrected chi connectivity index (χ3v) is 4.87. The molecular weight excluding hydrogens is 318 g/mol. The number of aromatic nitrogens is 1. The molecule has 122 valence electrons. The Morgan fingerprint density at radius 1 is 1.26 bits per heavy atom. The van der Waals surface area contributed by atoms with Crippen molar-refractivity contribution in [2.24, 2.45) is 0 Å². The molecule has 1 aromatic carbocycles. The Kier molecular flexibility index (Phi) is 3.85. The number of anilines is 1. The number of aryl methyl sites for hydroxylation is 1. The Hall–Kier alpha value is -2.35. The molecule has 8 heteroatoms. The molecule has 0 bridgehead atoms.